The number of ether oxygens (including phenoxy) is 1. The molecule has 0 spiro atoms. The lowest BCUT2D eigenvalue weighted by Gasteiger charge is -2.13. The van der Waals surface area contributed by atoms with Crippen LogP contribution in [-0.4, -0.2) is 18.0 Å². The number of hydrogen-bond donors (Lipinski definition) is 1. The highest BCUT2D eigenvalue weighted by Crippen LogP contribution is 2.31. The molecule has 1 heterocycles. The van der Waals surface area contributed by atoms with E-state index in [0.717, 1.165) is 19.3 Å². The summed E-state index contributed by atoms with van der Waals surface area (Å²) in [7, 11) is 0. The van der Waals surface area contributed by atoms with Gasteiger partial charge in [-0.15, -0.1) is 11.3 Å². The minimum Gasteiger partial charge on any atom is -0.448 e. The molecular weight excluding hydrogens is 369 g/mol. The predicted molar refractivity (Wildman–Crippen MR) is 96.3 cm³/mol. The van der Waals surface area contributed by atoms with Gasteiger partial charge in [0.05, 0.1) is 0 Å². The molecule has 0 unspecified atom stereocenters. The van der Waals surface area contributed by atoms with Gasteiger partial charge in [0.1, 0.15) is 4.88 Å². The average Bonchev–Trinajstić information content (AvgIpc) is 3.06. The second-order valence-electron chi connectivity index (χ2n) is 5.61. The van der Waals surface area contributed by atoms with E-state index in [-0.39, 0.29) is 0 Å². The van der Waals surface area contributed by atoms with E-state index in [1.807, 2.05) is 6.07 Å². The lowest BCUT2D eigenvalue weighted by Crippen LogP contribution is -2.29. The molecule has 1 aliphatic rings. The Morgan fingerprint density at radius 3 is 2.54 bits per heavy atom. The van der Waals surface area contributed by atoms with Gasteiger partial charge < -0.3 is 10.1 Å². The van der Waals surface area contributed by atoms with Crippen LogP contribution >= 0.6 is 34.5 Å². The van der Waals surface area contributed by atoms with Crippen molar-refractivity contribution in [1.82, 2.24) is 0 Å². The molecule has 0 radical (unpaired) electrons. The van der Waals surface area contributed by atoms with Gasteiger partial charge in [0, 0.05) is 20.6 Å². The number of thiophene rings is 1. The summed E-state index contributed by atoms with van der Waals surface area (Å²) in [6.07, 6.45) is 2.23. The highest BCUT2D eigenvalue weighted by atomic mass is 35.5. The third-order valence-corrected chi connectivity index (χ3v) is 5.38. The SMILES string of the molecule is C[C@@H](OC(=O)c1cc2c(s1)CCC2)C(=O)Nc1cc(Cl)cc(Cl)c1. The monoisotopic (exact) mass is 383 g/mol. The molecule has 1 aromatic heterocycles. The molecule has 2 aromatic rings. The minimum absolute atomic E-state index is 0.413. The number of anilines is 1. The summed E-state index contributed by atoms with van der Waals surface area (Å²) in [6.45, 7) is 1.53. The summed E-state index contributed by atoms with van der Waals surface area (Å²) in [5.41, 5.74) is 1.67. The van der Waals surface area contributed by atoms with Crippen molar-refractivity contribution in [3.63, 3.8) is 0 Å². The fourth-order valence-corrected chi connectivity index (χ4v) is 4.23. The number of amides is 1. The normalized spacial score (nSPS) is 14.1. The molecule has 0 saturated heterocycles. The number of esters is 1. The van der Waals surface area contributed by atoms with E-state index in [9.17, 15) is 9.59 Å². The van der Waals surface area contributed by atoms with Gasteiger partial charge in [0.15, 0.2) is 6.10 Å². The van der Waals surface area contributed by atoms with Crippen molar-refractivity contribution in [2.75, 3.05) is 5.32 Å². The zero-order valence-corrected chi connectivity index (χ0v) is 15.2. The Hall–Kier alpha value is -1.56. The summed E-state index contributed by atoms with van der Waals surface area (Å²) >= 11 is 13.2. The van der Waals surface area contributed by atoms with Crippen LogP contribution < -0.4 is 5.32 Å². The molecule has 126 valence electrons. The molecule has 0 aliphatic heterocycles. The number of rotatable bonds is 4. The smallest absolute Gasteiger partial charge is 0.349 e. The summed E-state index contributed by atoms with van der Waals surface area (Å²) in [5.74, 6) is -0.910. The number of halogens is 2. The van der Waals surface area contributed by atoms with Crippen LogP contribution in [0.25, 0.3) is 0 Å². The molecule has 1 amide bonds. The number of benzene rings is 1. The molecule has 0 fully saturated rings. The van der Waals surface area contributed by atoms with Crippen LogP contribution in [0.3, 0.4) is 0 Å². The first kappa shape index (κ1) is 17.3. The van der Waals surface area contributed by atoms with Crippen LogP contribution in [0.2, 0.25) is 10.0 Å². The lowest BCUT2D eigenvalue weighted by molar-refractivity contribution is -0.123. The molecule has 7 heteroatoms. The first-order valence-corrected chi connectivity index (χ1v) is 9.09. The number of fused-ring (bicyclic) bond motifs is 1. The maximum absolute atomic E-state index is 12.2. The third-order valence-electron chi connectivity index (χ3n) is 3.73. The molecular formula is C17H15Cl2NO3S. The Kier molecular flexibility index (Phi) is 5.13. The van der Waals surface area contributed by atoms with E-state index < -0.39 is 18.0 Å². The topological polar surface area (TPSA) is 55.4 Å². The Labute approximate surface area is 153 Å². The van der Waals surface area contributed by atoms with Crippen LogP contribution in [0.4, 0.5) is 5.69 Å². The van der Waals surface area contributed by atoms with Crippen LogP contribution in [0.1, 0.15) is 33.5 Å². The van der Waals surface area contributed by atoms with Crippen LogP contribution in [0.15, 0.2) is 24.3 Å². The van der Waals surface area contributed by atoms with Gasteiger partial charge in [-0.25, -0.2) is 4.79 Å². The van der Waals surface area contributed by atoms with Gasteiger partial charge in [0.2, 0.25) is 0 Å². The summed E-state index contributed by atoms with van der Waals surface area (Å²) in [5, 5.41) is 3.46. The molecule has 0 bridgehead atoms. The number of carbonyl (C=O) groups excluding carboxylic acids is 2. The van der Waals surface area contributed by atoms with Crippen molar-refractivity contribution >= 4 is 52.1 Å². The van der Waals surface area contributed by atoms with Crippen molar-refractivity contribution in [2.45, 2.75) is 32.3 Å². The summed E-state index contributed by atoms with van der Waals surface area (Å²) < 4.78 is 5.26. The Balaban J connectivity index is 1.61. The number of hydrogen-bond acceptors (Lipinski definition) is 4. The molecule has 4 nitrogen and oxygen atoms in total. The fourth-order valence-electron chi connectivity index (χ4n) is 2.57. The number of aryl methyl sites for hydroxylation is 2. The van der Waals surface area contributed by atoms with Crippen molar-refractivity contribution < 1.29 is 14.3 Å². The zero-order valence-electron chi connectivity index (χ0n) is 12.9. The Bertz CT molecular complexity index is 761. The summed E-state index contributed by atoms with van der Waals surface area (Å²) in [4.78, 5) is 26.2. The van der Waals surface area contributed by atoms with Gasteiger partial charge in [-0.2, -0.15) is 0 Å². The molecule has 0 saturated carbocycles. The van der Waals surface area contributed by atoms with E-state index in [0.29, 0.717) is 20.6 Å². The lowest BCUT2D eigenvalue weighted by atomic mass is 10.2. The van der Waals surface area contributed by atoms with Crippen molar-refractivity contribution in [2.24, 2.45) is 0 Å². The number of nitrogens with one attached hydrogen (secondary N) is 1. The maximum Gasteiger partial charge on any atom is 0.349 e. The van der Waals surface area contributed by atoms with Crippen LogP contribution in [0.5, 0.6) is 0 Å². The van der Waals surface area contributed by atoms with Crippen molar-refractivity contribution in [3.05, 3.63) is 49.6 Å². The fraction of sp³-hybridized carbons (Fsp3) is 0.294. The van der Waals surface area contributed by atoms with Gasteiger partial charge in [-0.05, 0) is 56.0 Å². The highest BCUT2D eigenvalue weighted by Gasteiger charge is 2.23. The molecule has 1 N–H and O–H groups in total. The van der Waals surface area contributed by atoms with Gasteiger partial charge in [0.25, 0.3) is 5.91 Å². The number of carbonyl (C=O) groups is 2. The van der Waals surface area contributed by atoms with E-state index in [1.54, 1.807) is 18.2 Å². The van der Waals surface area contributed by atoms with Gasteiger partial charge in [-0.1, -0.05) is 23.2 Å². The predicted octanol–water partition coefficient (Wildman–Crippen LogP) is 4.73. The Morgan fingerprint density at radius 2 is 1.88 bits per heavy atom. The van der Waals surface area contributed by atoms with E-state index in [1.165, 1.54) is 28.7 Å². The van der Waals surface area contributed by atoms with Crippen LogP contribution in [-0.2, 0) is 22.4 Å². The second kappa shape index (κ2) is 7.13. The van der Waals surface area contributed by atoms with Gasteiger partial charge in [-0.3, -0.25) is 4.79 Å². The zero-order chi connectivity index (χ0) is 17.3. The van der Waals surface area contributed by atoms with E-state index in [4.69, 9.17) is 27.9 Å². The van der Waals surface area contributed by atoms with Crippen LogP contribution in [0, 0.1) is 0 Å². The summed E-state index contributed by atoms with van der Waals surface area (Å²) in [6, 6.07) is 6.59. The molecule has 1 aliphatic carbocycles. The maximum atomic E-state index is 12.2. The molecule has 24 heavy (non-hydrogen) atoms. The quantitative estimate of drug-likeness (QED) is 0.776. The second-order valence-corrected chi connectivity index (χ2v) is 7.62. The highest BCUT2D eigenvalue weighted by molar-refractivity contribution is 7.14. The average molecular weight is 384 g/mol. The molecule has 1 atom stereocenters. The minimum atomic E-state index is -0.924. The third kappa shape index (κ3) is 3.91. The molecule has 3 rings (SSSR count). The van der Waals surface area contributed by atoms with E-state index >= 15 is 0 Å². The molecule has 1 aromatic carbocycles. The van der Waals surface area contributed by atoms with Gasteiger partial charge >= 0.3 is 5.97 Å². The largest absolute Gasteiger partial charge is 0.448 e. The Morgan fingerprint density at radius 1 is 1.17 bits per heavy atom. The van der Waals surface area contributed by atoms with Crippen molar-refractivity contribution in [1.29, 1.82) is 0 Å². The van der Waals surface area contributed by atoms with Crippen molar-refractivity contribution in [3.8, 4) is 0 Å². The first-order valence-electron chi connectivity index (χ1n) is 7.52. The van der Waals surface area contributed by atoms with E-state index in [2.05, 4.69) is 5.32 Å². The standard InChI is InChI=1S/C17H15Cl2NO3S/c1-9(16(21)20-13-7-11(18)6-12(19)8-13)23-17(22)15-5-10-3-2-4-14(10)24-15/h5-9H,2-4H2,1H3,(H,20,21)/t9-/m1/s1. The first-order chi connectivity index (χ1) is 11.4.